The normalized spacial score (nSPS) is 15.3. The maximum Gasteiger partial charge on any atom is 0.364 e. The number of aromatic amines is 1. The van der Waals surface area contributed by atoms with Crippen LogP contribution in [0.3, 0.4) is 0 Å². The summed E-state index contributed by atoms with van der Waals surface area (Å²) in [7, 11) is 0. The molecule has 0 atom stereocenters. The highest BCUT2D eigenvalue weighted by Gasteiger charge is 2.19. The zero-order valence-electron chi connectivity index (χ0n) is 12.3. The summed E-state index contributed by atoms with van der Waals surface area (Å²) in [6.45, 7) is 3.18. The molecular formula is C15H15FN6O. The number of fused-ring (bicyclic) bond motifs is 1. The van der Waals surface area contributed by atoms with Crippen LogP contribution < -0.4 is 15.5 Å². The Morgan fingerprint density at radius 2 is 1.65 bits per heavy atom. The predicted molar refractivity (Wildman–Crippen MR) is 84.4 cm³/mol. The van der Waals surface area contributed by atoms with Crippen LogP contribution in [0, 0.1) is 5.82 Å². The molecule has 0 spiro atoms. The number of aromatic nitrogens is 4. The Morgan fingerprint density at radius 3 is 2.39 bits per heavy atom. The lowest BCUT2D eigenvalue weighted by molar-refractivity contribution is 0.623. The number of hydrogen-bond donors (Lipinski definition) is 1. The van der Waals surface area contributed by atoms with Crippen molar-refractivity contribution in [1.82, 2.24) is 19.8 Å². The summed E-state index contributed by atoms with van der Waals surface area (Å²) in [6.07, 6.45) is 0. The third-order valence-electron chi connectivity index (χ3n) is 4.05. The molecule has 118 valence electrons. The minimum atomic E-state index is -0.341. The Bertz CT molecular complexity index is 879. The van der Waals surface area contributed by atoms with Crippen molar-refractivity contribution in [3.05, 3.63) is 52.7 Å². The highest BCUT2D eigenvalue weighted by Crippen LogP contribution is 2.19. The highest BCUT2D eigenvalue weighted by atomic mass is 19.1. The van der Waals surface area contributed by atoms with E-state index < -0.39 is 0 Å². The van der Waals surface area contributed by atoms with E-state index in [1.807, 2.05) is 6.07 Å². The molecule has 3 heterocycles. The molecule has 0 aliphatic carbocycles. The van der Waals surface area contributed by atoms with Gasteiger partial charge < -0.3 is 9.80 Å². The first-order valence-corrected chi connectivity index (χ1v) is 7.41. The SMILES string of the molecule is O=c1[nH]nc2ccc(N3CCN(c4ccc(F)cc4)CC3)nn12. The summed E-state index contributed by atoms with van der Waals surface area (Å²) in [6, 6.07) is 10.2. The molecule has 0 unspecified atom stereocenters. The van der Waals surface area contributed by atoms with Gasteiger partial charge in [0, 0.05) is 31.9 Å². The first-order valence-electron chi connectivity index (χ1n) is 7.41. The summed E-state index contributed by atoms with van der Waals surface area (Å²) >= 11 is 0. The molecule has 8 heteroatoms. The second-order valence-electron chi connectivity index (χ2n) is 5.44. The van der Waals surface area contributed by atoms with Crippen LogP contribution in [0.4, 0.5) is 15.9 Å². The van der Waals surface area contributed by atoms with Crippen molar-refractivity contribution >= 4 is 17.2 Å². The molecule has 1 aromatic carbocycles. The number of nitrogens with zero attached hydrogens (tertiary/aromatic N) is 5. The summed E-state index contributed by atoms with van der Waals surface area (Å²) < 4.78 is 14.3. The Labute approximate surface area is 131 Å². The van der Waals surface area contributed by atoms with Crippen LogP contribution in [0.5, 0.6) is 0 Å². The Kier molecular flexibility index (Phi) is 3.22. The maximum absolute atomic E-state index is 13.0. The molecule has 23 heavy (non-hydrogen) atoms. The number of anilines is 2. The van der Waals surface area contributed by atoms with E-state index in [9.17, 15) is 9.18 Å². The largest absolute Gasteiger partial charge is 0.368 e. The topological polar surface area (TPSA) is 69.5 Å². The quantitative estimate of drug-likeness (QED) is 0.760. The average Bonchev–Trinajstić information content (AvgIpc) is 2.96. The van der Waals surface area contributed by atoms with Gasteiger partial charge >= 0.3 is 5.69 Å². The smallest absolute Gasteiger partial charge is 0.364 e. The minimum Gasteiger partial charge on any atom is -0.368 e. The Morgan fingerprint density at radius 1 is 0.957 bits per heavy atom. The van der Waals surface area contributed by atoms with Crippen molar-refractivity contribution in [2.75, 3.05) is 36.0 Å². The molecule has 1 N–H and O–H groups in total. The minimum absolute atomic E-state index is 0.226. The number of H-pyrrole nitrogens is 1. The Balaban J connectivity index is 1.51. The zero-order chi connectivity index (χ0) is 15.8. The molecule has 2 aromatic heterocycles. The van der Waals surface area contributed by atoms with Gasteiger partial charge in [-0.05, 0) is 36.4 Å². The van der Waals surface area contributed by atoms with E-state index in [0.717, 1.165) is 37.7 Å². The fourth-order valence-corrected chi connectivity index (χ4v) is 2.81. The number of benzene rings is 1. The summed E-state index contributed by atoms with van der Waals surface area (Å²) in [5.41, 5.74) is 1.18. The van der Waals surface area contributed by atoms with Gasteiger partial charge in [0.1, 0.15) is 11.6 Å². The molecule has 7 nitrogen and oxygen atoms in total. The number of hydrogen-bond acceptors (Lipinski definition) is 5. The molecule has 1 fully saturated rings. The fourth-order valence-electron chi connectivity index (χ4n) is 2.81. The van der Waals surface area contributed by atoms with E-state index in [2.05, 4.69) is 25.1 Å². The molecule has 1 aliphatic rings. The molecule has 1 saturated heterocycles. The first kappa shape index (κ1) is 13.7. The van der Waals surface area contributed by atoms with Crippen LogP contribution >= 0.6 is 0 Å². The van der Waals surface area contributed by atoms with Crippen LogP contribution in [0.2, 0.25) is 0 Å². The number of halogens is 1. The van der Waals surface area contributed by atoms with Crippen molar-refractivity contribution in [3.63, 3.8) is 0 Å². The lowest BCUT2D eigenvalue weighted by atomic mass is 10.2. The van der Waals surface area contributed by atoms with Gasteiger partial charge in [-0.1, -0.05) is 0 Å². The van der Waals surface area contributed by atoms with E-state index in [1.54, 1.807) is 18.2 Å². The highest BCUT2D eigenvalue weighted by molar-refractivity contribution is 5.50. The molecule has 0 amide bonds. The lowest BCUT2D eigenvalue weighted by Crippen LogP contribution is -2.47. The van der Waals surface area contributed by atoms with Gasteiger partial charge in [-0.2, -0.15) is 9.61 Å². The van der Waals surface area contributed by atoms with Crippen LogP contribution in [-0.2, 0) is 0 Å². The molecule has 0 saturated carbocycles. The van der Waals surface area contributed by atoms with Gasteiger partial charge in [0.15, 0.2) is 5.65 Å². The first-order chi connectivity index (χ1) is 11.2. The van der Waals surface area contributed by atoms with Gasteiger partial charge in [0.05, 0.1) is 0 Å². The standard InChI is InChI=1S/C15H15FN6O/c16-11-1-3-12(4-2-11)20-7-9-21(10-8-20)14-6-5-13-17-18-15(23)22(13)19-14/h1-6H,7-10H2,(H,18,23). The van der Waals surface area contributed by atoms with Crippen molar-refractivity contribution in [3.8, 4) is 0 Å². The maximum atomic E-state index is 13.0. The van der Waals surface area contributed by atoms with E-state index >= 15 is 0 Å². The molecular weight excluding hydrogens is 299 g/mol. The van der Waals surface area contributed by atoms with E-state index in [4.69, 9.17) is 0 Å². The van der Waals surface area contributed by atoms with Crippen LogP contribution in [0.25, 0.3) is 5.65 Å². The van der Waals surface area contributed by atoms with E-state index in [-0.39, 0.29) is 11.5 Å². The monoisotopic (exact) mass is 314 g/mol. The average molecular weight is 314 g/mol. The molecule has 0 bridgehead atoms. The van der Waals surface area contributed by atoms with Crippen molar-refractivity contribution < 1.29 is 4.39 Å². The third-order valence-corrected chi connectivity index (χ3v) is 4.05. The van der Waals surface area contributed by atoms with E-state index in [0.29, 0.717) is 5.65 Å². The Hall–Kier alpha value is -2.90. The van der Waals surface area contributed by atoms with Crippen LogP contribution in [0.1, 0.15) is 0 Å². The third kappa shape index (κ3) is 2.52. The van der Waals surface area contributed by atoms with Gasteiger partial charge in [-0.25, -0.2) is 14.3 Å². The molecule has 0 radical (unpaired) electrons. The van der Waals surface area contributed by atoms with E-state index in [1.165, 1.54) is 16.6 Å². The number of nitrogens with one attached hydrogen (secondary N) is 1. The fraction of sp³-hybridized carbons (Fsp3) is 0.267. The molecule has 4 rings (SSSR count). The van der Waals surface area contributed by atoms with Crippen molar-refractivity contribution in [2.45, 2.75) is 0 Å². The number of piperazine rings is 1. The summed E-state index contributed by atoms with van der Waals surface area (Å²) in [4.78, 5) is 15.9. The second-order valence-corrected chi connectivity index (χ2v) is 5.44. The lowest BCUT2D eigenvalue weighted by Gasteiger charge is -2.36. The summed E-state index contributed by atoms with van der Waals surface area (Å²) in [5.74, 6) is 0.523. The van der Waals surface area contributed by atoms with Gasteiger partial charge in [0.2, 0.25) is 0 Å². The summed E-state index contributed by atoms with van der Waals surface area (Å²) in [5, 5.41) is 10.6. The van der Waals surface area contributed by atoms with Crippen LogP contribution in [0.15, 0.2) is 41.2 Å². The zero-order valence-corrected chi connectivity index (χ0v) is 12.3. The number of rotatable bonds is 2. The molecule has 3 aromatic rings. The van der Waals surface area contributed by atoms with Gasteiger partial charge in [-0.15, -0.1) is 5.10 Å². The second kappa shape index (κ2) is 5.38. The van der Waals surface area contributed by atoms with Crippen LogP contribution in [-0.4, -0.2) is 46.0 Å². The van der Waals surface area contributed by atoms with Crippen molar-refractivity contribution in [2.24, 2.45) is 0 Å². The molecule has 1 aliphatic heterocycles. The van der Waals surface area contributed by atoms with Crippen molar-refractivity contribution in [1.29, 1.82) is 0 Å². The predicted octanol–water partition coefficient (Wildman–Crippen LogP) is 0.883. The van der Waals surface area contributed by atoms with Gasteiger partial charge in [-0.3, -0.25) is 0 Å². The van der Waals surface area contributed by atoms with Gasteiger partial charge in [0.25, 0.3) is 0 Å².